The van der Waals surface area contributed by atoms with E-state index in [0.717, 1.165) is 60.9 Å². The van der Waals surface area contributed by atoms with Crippen molar-refractivity contribution in [3.63, 3.8) is 0 Å². The first kappa shape index (κ1) is 24.6. The Morgan fingerprint density at radius 3 is 2.59 bits per heavy atom. The van der Waals surface area contributed by atoms with Crippen molar-refractivity contribution in [1.29, 1.82) is 0 Å². The van der Waals surface area contributed by atoms with Crippen molar-refractivity contribution < 1.29 is 18.0 Å². The lowest BCUT2D eigenvalue weighted by molar-refractivity contribution is 0.0964. The number of furan rings is 1. The van der Waals surface area contributed by atoms with Gasteiger partial charge in [-0.25, -0.2) is 9.19 Å². The number of benzene rings is 1. The van der Waals surface area contributed by atoms with Crippen LogP contribution >= 0.6 is 0 Å². The third-order valence-electron chi connectivity index (χ3n) is 6.39. The van der Waals surface area contributed by atoms with Crippen molar-refractivity contribution in [1.82, 2.24) is 14.6 Å². The van der Waals surface area contributed by atoms with Crippen LogP contribution in [-0.2, 0) is 17.8 Å². The zero-order valence-electron chi connectivity index (χ0n) is 20.1. The number of rotatable bonds is 11. The van der Waals surface area contributed by atoms with Gasteiger partial charge in [0.15, 0.2) is 0 Å². The number of hydrogen-bond acceptors (Lipinski definition) is 4. The minimum Gasteiger partial charge on any atom is -0.437 e. The molecular weight excluding hydrogens is 450 g/mol. The average Bonchev–Trinajstić information content (AvgIpc) is 3.61. The molecule has 1 saturated carbocycles. The summed E-state index contributed by atoms with van der Waals surface area (Å²) in [5, 5.41) is 3.41. The maximum atomic E-state index is 12.9. The molecule has 182 valence electrons. The largest absolute Gasteiger partial charge is 0.437 e. The van der Waals surface area contributed by atoms with Crippen LogP contribution in [0.5, 0.6) is 0 Å². The van der Waals surface area contributed by atoms with E-state index in [1.54, 1.807) is 11.4 Å². The van der Waals surface area contributed by atoms with Gasteiger partial charge in [0.2, 0.25) is 17.0 Å². The van der Waals surface area contributed by atoms with Crippen LogP contribution in [0.3, 0.4) is 0 Å². The van der Waals surface area contributed by atoms with Crippen molar-refractivity contribution in [2.75, 3.05) is 13.6 Å². The number of fused-ring (bicyclic) bond motifs is 1. The van der Waals surface area contributed by atoms with Gasteiger partial charge in [-0.1, -0.05) is 56.0 Å². The zero-order chi connectivity index (χ0) is 24.2. The molecule has 0 aliphatic heterocycles. The summed E-state index contributed by atoms with van der Waals surface area (Å²) in [5.41, 5.74) is 4.57. The first-order chi connectivity index (χ1) is 16.4. The summed E-state index contributed by atoms with van der Waals surface area (Å²) >= 11 is -2.09. The van der Waals surface area contributed by atoms with Gasteiger partial charge >= 0.3 is 0 Å². The smallest absolute Gasteiger partial charge is 0.255 e. The number of aromatic nitrogens is 1. The lowest BCUT2D eigenvalue weighted by Gasteiger charge is -2.19. The van der Waals surface area contributed by atoms with Crippen LogP contribution in [0.1, 0.15) is 78.5 Å². The molecule has 34 heavy (non-hydrogen) atoms. The van der Waals surface area contributed by atoms with Gasteiger partial charge in [0.05, 0.1) is 23.2 Å². The average molecular weight is 484 g/mol. The molecule has 1 unspecified atom stereocenters. The Hall–Kier alpha value is -2.55. The third kappa shape index (κ3) is 5.40. The van der Waals surface area contributed by atoms with Gasteiger partial charge in [-0.05, 0) is 43.7 Å². The fraction of sp³-hybridized carbons (Fsp3) is 0.462. The number of unbranched alkanes of at least 4 members (excludes halogenated alkanes) is 3. The Labute approximate surface area is 203 Å². The molecule has 1 aromatic carbocycles. The molecule has 0 bridgehead atoms. The number of pyridine rings is 1. The second-order valence-corrected chi connectivity index (χ2v) is 10.0. The van der Waals surface area contributed by atoms with Crippen molar-refractivity contribution in [2.45, 2.75) is 64.8 Å². The van der Waals surface area contributed by atoms with Crippen LogP contribution in [0, 0.1) is 6.92 Å². The minimum atomic E-state index is -2.09. The van der Waals surface area contributed by atoms with Crippen molar-refractivity contribution in [3.8, 4) is 11.3 Å². The summed E-state index contributed by atoms with van der Waals surface area (Å²) in [7, 11) is 1.61. The highest BCUT2D eigenvalue weighted by Gasteiger charge is 2.31. The molecule has 0 saturated heterocycles. The van der Waals surface area contributed by atoms with E-state index < -0.39 is 11.3 Å². The van der Waals surface area contributed by atoms with Gasteiger partial charge in [0, 0.05) is 19.2 Å². The number of aryl methyl sites for hydroxylation is 1. The molecule has 2 N–H and O–H groups in total. The van der Waals surface area contributed by atoms with Gasteiger partial charge in [0.25, 0.3) is 5.91 Å². The fourth-order valence-electron chi connectivity index (χ4n) is 4.30. The summed E-state index contributed by atoms with van der Waals surface area (Å²) in [6.45, 7) is 4.96. The summed E-state index contributed by atoms with van der Waals surface area (Å²) in [5.74, 6) is 0.624. The number of carbonyl (C=O) groups is 1. The monoisotopic (exact) mass is 483 g/mol. The Bertz CT molecular complexity index is 1180. The zero-order valence-corrected chi connectivity index (χ0v) is 20.9. The predicted molar refractivity (Wildman–Crippen MR) is 135 cm³/mol. The highest BCUT2D eigenvalue weighted by Crippen LogP contribution is 2.44. The second kappa shape index (κ2) is 10.8. The number of nitrogens with one attached hydrogen (secondary N) is 1. The van der Waals surface area contributed by atoms with E-state index in [1.165, 1.54) is 0 Å². The molecule has 0 radical (unpaired) electrons. The normalized spacial score (nSPS) is 14.6. The number of amides is 1. The van der Waals surface area contributed by atoms with Gasteiger partial charge in [-0.3, -0.25) is 9.35 Å². The van der Waals surface area contributed by atoms with Crippen LogP contribution in [0.25, 0.3) is 22.4 Å². The molecule has 8 heteroatoms. The molecular formula is C26H33N3O4S. The molecule has 3 aromatic rings. The second-order valence-electron chi connectivity index (χ2n) is 9.06. The third-order valence-corrected chi connectivity index (χ3v) is 7.14. The van der Waals surface area contributed by atoms with Crippen molar-refractivity contribution >= 4 is 28.3 Å². The highest BCUT2D eigenvalue weighted by molar-refractivity contribution is 7.76. The molecule has 2 heterocycles. The van der Waals surface area contributed by atoms with E-state index in [9.17, 15) is 13.6 Å². The first-order valence-corrected chi connectivity index (χ1v) is 13.1. The quantitative estimate of drug-likeness (QED) is 0.275. The van der Waals surface area contributed by atoms with Gasteiger partial charge in [-0.15, -0.1) is 0 Å². The molecule has 1 aliphatic rings. The fourth-order valence-corrected chi connectivity index (χ4v) is 4.82. The molecule has 7 nitrogen and oxygen atoms in total. The molecule has 0 spiro atoms. The van der Waals surface area contributed by atoms with Gasteiger partial charge < -0.3 is 9.73 Å². The first-order valence-electron chi connectivity index (χ1n) is 12.0. The SMILES string of the molecule is CCCCCCN(Cc1nc2oc(-c3ccc(C)cc3)c(C(=O)NC)c2cc1C1CC1)S(=O)O. The topological polar surface area (TPSA) is 95.7 Å². The van der Waals surface area contributed by atoms with E-state index in [1.807, 2.05) is 37.3 Å². The molecule has 2 aromatic heterocycles. The Kier molecular flexibility index (Phi) is 7.80. The van der Waals surface area contributed by atoms with Crippen molar-refractivity contribution in [3.05, 3.63) is 52.7 Å². The minimum absolute atomic E-state index is 0.223. The molecule has 4 rings (SSSR count). The molecule has 1 amide bonds. The summed E-state index contributed by atoms with van der Waals surface area (Å²) in [4.78, 5) is 17.7. The Morgan fingerprint density at radius 1 is 1.24 bits per heavy atom. The van der Waals surface area contributed by atoms with E-state index in [-0.39, 0.29) is 12.5 Å². The van der Waals surface area contributed by atoms with Crippen LogP contribution < -0.4 is 5.32 Å². The molecule has 1 fully saturated rings. The lowest BCUT2D eigenvalue weighted by Crippen LogP contribution is -2.27. The van der Waals surface area contributed by atoms with Crippen molar-refractivity contribution in [2.24, 2.45) is 0 Å². The van der Waals surface area contributed by atoms with E-state index in [4.69, 9.17) is 9.40 Å². The number of nitrogens with zero attached hydrogens (tertiary/aromatic N) is 2. The Balaban J connectivity index is 1.76. The van der Waals surface area contributed by atoms with Crippen LogP contribution in [0.15, 0.2) is 34.7 Å². The van der Waals surface area contributed by atoms with Gasteiger partial charge in [-0.2, -0.15) is 4.31 Å². The number of hydrogen-bond donors (Lipinski definition) is 2. The van der Waals surface area contributed by atoms with E-state index in [0.29, 0.717) is 34.9 Å². The van der Waals surface area contributed by atoms with E-state index in [2.05, 4.69) is 12.2 Å². The van der Waals surface area contributed by atoms with Crippen LogP contribution in [0.4, 0.5) is 0 Å². The highest BCUT2D eigenvalue weighted by atomic mass is 32.2. The van der Waals surface area contributed by atoms with Crippen LogP contribution in [-0.4, -0.2) is 37.6 Å². The Morgan fingerprint density at radius 2 is 1.97 bits per heavy atom. The molecule has 1 aliphatic carbocycles. The standard InChI is InChI=1S/C26H33N3O4S/c1-4-5-6-7-14-29(34(31)32)16-22-20(18-12-13-18)15-21-23(25(30)27-3)24(33-26(21)28-22)19-10-8-17(2)9-11-19/h8-11,15,18H,4-7,12-14,16H2,1-3H3,(H,27,30)(H,31,32). The summed E-state index contributed by atoms with van der Waals surface area (Å²) < 4.78 is 29.7. The summed E-state index contributed by atoms with van der Waals surface area (Å²) in [6.07, 6.45) is 6.22. The van der Waals surface area contributed by atoms with Gasteiger partial charge in [0.1, 0.15) is 5.76 Å². The lowest BCUT2D eigenvalue weighted by atomic mass is 10.0. The summed E-state index contributed by atoms with van der Waals surface area (Å²) in [6, 6.07) is 9.86. The van der Waals surface area contributed by atoms with E-state index >= 15 is 0 Å². The number of carbonyl (C=O) groups excluding carboxylic acids is 1. The van der Waals surface area contributed by atoms with Crippen LogP contribution in [0.2, 0.25) is 0 Å². The maximum absolute atomic E-state index is 12.9. The molecule has 1 atom stereocenters. The maximum Gasteiger partial charge on any atom is 0.255 e. The predicted octanol–water partition coefficient (Wildman–Crippen LogP) is 5.56.